The molecule has 0 fully saturated rings. The first-order chi connectivity index (χ1) is 8.56. The summed E-state index contributed by atoms with van der Waals surface area (Å²) in [5.74, 6) is 0.643. The van der Waals surface area contributed by atoms with Crippen molar-refractivity contribution < 1.29 is 9.53 Å². The zero-order chi connectivity index (χ0) is 13.1. The number of ketones is 1. The van der Waals surface area contributed by atoms with Crippen LogP contribution in [0, 0.1) is 3.57 Å². The van der Waals surface area contributed by atoms with Gasteiger partial charge in [-0.25, -0.2) is 0 Å². The smallest absolute Gasteiger partial charge is 0.212 e. The summed E-state index contributed by atoms with van der Waals surface area (Å²) in [7, 11) is 0. The molecule has 1 aromatic carbocycles. The Morgan fingerprint density at radius 1 is 1.28 bits per heavy atom. The van der Waals surface area contributed by atoms with E-state index in [0.29, 0.717) is 15.0 Å². The van der Waals surface area contributed by atoms with Crippen LogP contribution in [0.1, 0.15) is 16.6 Å². The normalized spacial score (nSPS) is 12.2. The lowest BCUT2D eigenvalue weighted by molar-refractivity contribution is 0.0822. The molecule has 0 aliphatic heterocycles. The van der Waals surface area contributed by atoms with Crippen molar-refractivity contribution in [2.75, 3.05) is 0 Å². The van der Waals surface area contributed by atoms with Crippen molar-refractivity contribution in [3.05, 3.63) is 49.2 Å². The maximum atomic E-state index is 12.1. The number of rotatable bonds is 4. The van der Waals surface area contributed by atoms with Crippen LogP contribution in [-0.4, -0.2) is 11.9 Å². The zero-order valence-corrected chi connectivity index (χ0v) is 13.3. The third kappa shape index (κ3) is 3.46. The Labute approximate surface area is 128 Å². The van der Waals surface area contributed by atoms with E-state index in [4.69, 9.17) is 16.3 Å². The van der Waals surface area contributed by atoms with E-state index in [1.54, 1.807) is 19.1 Å². The Hall–Kier alpha value is -0.590. The highest BCUT2D eigenvalue weighted by Gasteiger charge is 2.18. The summed E-state index contributed by atoms with van der Waals surface area (Å²) in [6.07, 6.45) is -0.514. The molecule has 0 aliphatic carbocycles. The van der Waals surface area contributed by atoms with E-state index in [0.717, 1.165) is 3.57 Å². The van der Waals surface area contributed by atoms with Gasteiger partial charge in [0.25, 0.3) is 0 Å². The van der Waals surface area contributed by atoms with Crippen molar-refractivity contribution in [1.82, 2.24) is 0 Å². The minimum absolute atomic E-state index is 0.0505. The van der Waals surface area contributed by atoms with E-state index in [-0.39, 0.29) is 5.78 Å². The molecule has 1 aromatic heterocycles. The van der Waals surface area contributed by atoms with Crippen LogP contribution in [0.25, 0.3) is 0 Å². The first-order valence-corrected chi connectivity index (χ1v) is 7.55. The van der Waals surface area contributed by atoms with Gasteiger partial charge in [-0.15, -0.1) is 11.3 Å². The Morgan fingerprint density at radius 3 is 2.50 bits per heavy atom. The van der Waals surface area contributed by atoms with Crippen molar-refractivity contribution in [2.45, 2.75) is 13.0 Å². The van der Waals surface area contributed by atoms with Gasteiger partial charge in [0, 0.05) is 3.57 Å². The first kappa shape index (κ1) is 13.8. The molecular formula is C13H10ClIO2S. The molecule has 2 rings (SSSR count). The Bertz CT molecular complexity index is 550. The Kier molecular flexibility index (Phi) is 4.64. The molecule has 0 saturated carbocycles. The molecule has 0 aliphatic rings. The van der Waals surface area contributed by atoms with Crippen molar-refractivity contribution in [3.8, 4) is 5.75 Å². The summed E-state index contributed by atoms with van der Waals surface area (Å²) >= 11 is 9.30. The molecule has 0 spiro atoms. The van der Waals surface area contributed by atoms with Gasteiger partial charge < -0.3 is 4.74 Å². The van der Waals surface area contributed by atoms with Gasteiger partial charge in [-0.3, -0.25) is 4.79 Å². The Balaban J connectivity index is 2.05. The number of carbonyl (C=O) groups is 1. The standard InChI is InChI=1S/C13H10ClIO2S/c1-8(13(16)11-6-7-12(14)18-11)17-10-4-2-9(15)3-5-10/h2-8H,1H3. The SMILES string of the molecule is CC(Oc1ccc(I)cc1)C(=O)c1ccc(Cl)s1. The number of halogens is 2. The summed E-state index contributed by atoms with van der Waals surface area (Å²) in [5, 5.41) is 0. The average Bonchev–Trinajstić information content (AvgIpc) is 2.78. The second-order valence-corrected chi connectivity index (χ2v) is 6.64. The predicted molar refractivity (Wildman–Crippen MR) is 82.9 cm³/mol. The molecule has 18 heavy (non-hydrogen) atoms. The van der Waals surface area contributed by atoms with Crippen LogP contribution < -0.4 is 4.74 Å². The van der Waals surface area contributed by atoms with E-state index in [1.807, 2.05) is 24.3 Å². The molecule has 5 heteroatoms. The second-order valence-electron chi connectivity index (χ2n) is 3.68. The summed E-state index contributed by atoms with van der Waals surface area (Å²) < 4.78 is 7.35. The van der Waals surface area contributed by atoms with E-state index in [1.165, 1.54) is 11.3 Å². The van der Waals surface area contributed by atoms with Crippen molar-refractivity contribution in [2.24, 2.45) is 0 Å². The molecule has 1 atom stereocenters. The topological polar surface area (TPSA) is 26.3 Å². The lowest BCUT2D eigenvalue weighted by atomic mass is 10.2. The fraction of sp³-hybridized carbons (Fsp3) is 0.154. The van der Waals surface area contributed by atoms with Crippen LogP contribution in [0.2, 0.25) is 4.34 Å². The Morgan fingerprint density at radius 2 is 1.94 bits per heavy atom. The van der Waals surface area contributed by atoms with E-state index < -0.39 is 6.10 Å². The third-order valence-electron chi connectivity index (χ3n) is 2.31. The maximum Gasteiger partial charge on any atom is 0.212 e. The molecule has 1 heterocycles. The lowest BCUT2D eigenvalue weighted by Gasteiger charge is -2.12. The molecule has 2 aromatic rings. The number of benzene rings is 1. The first-order valence-electron chi connectivity index (χ1n) is 5.28. The van der Waals surface area contributed by atoms with E-state index >= 15 is 0 Å². The third-order valence-corrected chi connectivity index (χ3v) is 4.28. The van der Waals surface area contributed by atoms with Crippen LogP contribution in [0.4, 0.5) is 0 Å². The predicted octanol–water partition coefficient (Wildman–Crippen LogP) is 4.66. The van der Waals surface area contributed by atoms with Crippen molar-refractivity contribution in [3.63, 3.8) is 0 Å². The largest absolute Gasteiger partial charge is 0.483 e. The summed E-state index contributed by atoms with van der Waals surface area (Å²) in [6, 6.07) is 11.0. The fourth-order valence-corrected chi connectivity index (χ4v) is 2.84. The minimum atomic E-state index is -0.514. The summed E-state index contributed by atoms with van der Waals surface area (Å²) in [4.78, 5) is 12.7. The monoisotopic (exact) mass is 392 g/mol. The number of hydrogen-bond donors (Lipinski definition) is 0. The highest BCUT2D eigenvalue weighted by Crippen LogP contribution is 2.24. The van der Waals surface area contributed by atoms with Gasteiger partial charge in [0.15, 0.2) is 6.10 Å². The molecule has 0 radical (unpaired) electrons. The van der Waals surface area contributed by atoms with E-state index in [2.05, 4.69) is 22.6 Å². The number of ether oxygens (including phenoxy) is 1. The van der Waals surface area contributed by atoms with Gasteiger partial charge in [0.2, 0.25) is 5.78 Å². The molecule has 0 N–H and O–H groups in total. The highest BCUT2D eigenvalue weighted by atomic mass is 127. The lowest BCUT2D eigenvalue weighted by Crippen LogP contribution is -2.23. The van der Waals surface area contributed by atoms with Crippen LogP contribution in [0.15, 0.2) is 36.4 Å². The van der Waals surface area contributed by atoms with Gasteiger partial charge in [-0.05, 0) is 65.9 Å². The van der Waals surface area contributed by atoms with Crippen LogP contribution >= 0.6 is 45.5 Å². The van der Waals surface area contributed by atoms with Crippen LogP contribution in [0.3, 0.4) is 0 Å². The zero-order valence-electron chi connectivity index (χ0n) is 9.52. The quantitative estimate of drug-likeness (QED) is 0.559. The highest BCUT2D eigenvalue weighted by molar-refractivity contribution is 14.1. The fourth-order valence-electron chi connectivity index (χ4n) is 1.42. The molecule has 2 nitrogen and oxygen atoms in total. The number of carbonyl (C=O) groups excluding carboxylic acids is 1. The van der Waals surface area contributed by atoms with Gasteiger partial charge in [0.05, 0.1) is 9.21 Å². The molecule has 0 saturated heterocycles. The van der Waals surface area contributed by atoms with Gasteiger partial charge in [-0.1, -0.05) is 11.6 Å². The van der Waals surface area contributed by atoms with Crippen LogP contribution in [0.5, 0.6) is 5.75 Å². The van der Waals surface area contributed by atoms with Gasteiger partial charge >= 0.3 is 0 Å². The number of thiophene rings is 1. The second kappa shape index (κ2) is 6.04. The number of Topliss-reactive ketones (excluding diaryl/α,β-unsaturated/α-hetero) is 1. The summed E-state index contributed by atoms with van der Waals surface area (Å²) in [5.41, 5.74) is 0. The molecule has 94 valence electrons. The molecular weight excluding hydrogens is 383 g/mol. The van der Waals surface area contributed by atoms with Gasteiger partial charge in [0.1, 0.15) is 5.75 Å². The molecule has 0 bridgehead atoms. The van der Waals surface area contributed by atoms with Gasteiger partial charge in [-0.2, -0.15) is 0 Å². The molecule has 1 unspecified atom stereocenters. The van der Waals surface area contributed by atoms with Crippen LogP contribution in [-0.2, 0) is 0 Å². The maximum absolute atomic E-state index is 12.1. The summed E-state index contributed by atoms with van der Waals surface area (Å²) in [6.45, 7) is 1.74. The minimum Gasteiger partial charge on any atom is -0.483 e. The van der Waals surface area contributed by atoms with Crippen molar-refractivity contribution in [1.29, 1.82) is 0 Å². The van der Waals surface area contributed by atoms with Crippen molar-refractivity contribution >= 4 is 51.3 Å². The number of hydrogen-bond acceptors (Lipinski definition) is 3. The van der Waals surface area contributed by atoms with E-state index in [9.17, 15) is 4.79 Å². The average molecular weight is 393 g/mol. The molecule has 0 amide bonds.